The molecule has 0 aromatic rings. The van der Waals surface area contributed by atoms with Gasteiger partial charge in [-0.2, -0.15) is 0 Å². The van der Waals surface area contributed by atoms with Gasteiger partial charge in [-0.15, -0.1) is 0 Å². The normalized spacial score (nSPS) is 17.6. The molecule has 0 spiro atoms. The summed E-state index contributed by atoms with van der Waals surface area (Å²) in [6.07, 6.45) is -0.530. The van der Waals surface area contributed by atoms with Crippen LogP contribution in [0.5, 0.6) is 0 Å². The fourth-order valence-corrected chi connectivity index (χ4v) is 2.31. The van der Waals surface area contributed by atoms with Crippen molar-refractivity contribution in [2.75, 3.05) is 0 Å². The van der Waals surface area contributed by atoms with E-state index < -0.39 is 54.0 Å². The zero-order valence-corrected chi connectivity index (χ0v) is 17.4. The zero-order valence-electron chi connectivity index (χ0n) is 17.4. The summed E-state index contributed by atoms with van der Waals surface area (Å²) in [4.78, 5) is 48.3. The Bertz CT molecular complexity index is 566. The van der Waals surface area contributed by atoms with Crippen molar-refractivity contribution in [3.63, 3.8) is 0 Å². The molecular weight excluding hydrogens is 368 g/mol. The van der Waals surface area contributed by atoms with Gasteiger partial charge in [0.2, 0.25) is 17.7 Å². The number of nitrogens with two attached hydrogens (primary N) is 1. The van der Waals surface area contributed by atoms with Gasteiger partial charge in [-0.05, 0) is 25.7 Å². The van der Waals surface area contributed by atoms with Crippen molar-refractivity contribution in [1.82, 2.24) is 16.0 Å². The van der Waals surface area contributed by atoms with E-state index in [1.165, 1.54) is 13.8 Å². The van der Waals surface area contributed by atoms with Crippen LogP contribution >= 0.6 is 0 Å². The van der Waals surface area contributed by atoms with E-state index in [9.17, 15) is 24.3 Å². The third-order valence-corrected chi connectivity index (χ3v) is 4.59. The highest BCUT2D eigenvalue weighted by Crippen LogP contribution is 2.11. The van der Waals surface area contributed by atoms with Crippen molar-refractivity contribution < 1.29 is 29.4 Å². The monoisotopic (exact) mass is 402 g/mol. The van der Waals surface area contributed by atoms with Crippen molar-refractivity contribution in [1.29, 1.82) is 0 Å². The van der Waals surface area contributed by atoms with Crippen molar-refractivity contribution in [3.05, 3.63) is 0 Å². The van der Waals surface area contributed by atoms with Crippen molar-refractivity contribution >= 4 is 23.7 Å². The Morgan fingerprint density at radius 1 is 0.857 bits per heavy atom. The van der Waals surface area contributed by atoms with Gasteiger partial charge in [0.25, 0.3) is 0 Å². The molecule has 10 heteroatoms. The summed E-state index contributed by atoms with van der Waals surface area (Å²) in [6, 6.07) is -4.25. The summed E-state index contributed by atoms with van der Waals surface area (Å²) in [5.74, 6) is -3.68. The molecule has 6 atom stereocenters. The molecule has 0 aliphatic carbocycles. The Morgan fingerprint density at radius 3 is 1.71 bits per heavy atom. The Kier molecular flexibility index (Phi) is 10.7. The molecule has 0 fully saturated rings. The fourth-order valence-electron chi connectivity index (χ4n) is 2.31. The number of carbonyl (C=O) groups excluding carboxylic acids is 3. The van der Waals surface area contributed by atoms with Gasteiger partial charge < -0.3 is 31.9 Å². The largest absolute Gasteiger partial charge is 0.480 e. The third-order valence-electron chi connectivity index (χ3n) is 4.59. The van der Waals surface area contributed by atoms with Crippen LogP contribution in [0.4, 0.5) is 0 Å². The molecule has 10 nitrogen and oxygen atoms in total. The minimum atomic E-state index is -1.20. The lowest BCUT2D eigenvalue weighted by molar-refractivity contribution is -0.142. The molecule has 0 saturated heterocycles. The maximum absolute atomic E-state index is 12.7. The molecule has 0 aliphatic rings. The molecule has 0 aliphatic heterocycles. The third kappa shape index (κ3) is 7.81. The molecule has 162 valence electrons. The van der Waals surface area contributed by atoms with E-state index in [0.717, 1.165) is 0 Å². The maximum Gasteiger partial charge on any atom is 0.325 e. The molecule has 28 heavy (non-hydrogen) atoms. The zero-order chi connectivity index (χ0) is 22.2. The Hall–Kier alpha value is -2.20. The van der Waals surface area contributed by atoms with E-state index in [-0.39, 0.29) is 11.8 Å². The molecule has 0 bridgehead atoms. The van der Waals surface area contributed by atoms with Gasteiger partial charge in [0, 0.05) is 0 Å². The molecule has 0 heterocycles. The molecule has 0 aromatic carbocycles. The van der Waals surface area contributed by atoms with E-state index in [1.807, 2.05) is 6.92 Å². The van der Waals surface area contributed by atoms with Gasteiger partial charge in [-0.3, -0.25) is 19.2 Å². The number of carboxylic acids is 1. The van der Waals surface area contributed by atoms with Crippen LogP contribution in [-0.4, -0.2) is 64.2 Å². The number of aliphatic hydroxyl groups is 1. The van der Waals surface area contributed by atoms with Gasteiger partial charge in [0.05, 0.1) is 6.10 Å². The van der Waals surface area contributed by atoms with Gasteiger partial charge in [-0.1, -0.05) is 34.1 Å². The quantitative estimate of drug-likeness (QED) is 0.256. The SMILES string of the molecule is CCC(C)C(NC(=O)C(NC(=O)C(N)C(C)O)C(C)C)C(=O)NC(C)C(=O)O. The predicted molar refractivity (Wildman–Crippen MR) is 103 cm³/mol. The number of rotatable bonds is 11. The second-order valence-corrected chi connectivity index (χ2v) is 7.44. The maximum atomic E-state index is 12.7. The van der Waals surface area contributed by atoms with Gasteiger partial charge in [0.1, 0.15) is 24.2 Å². The summed E-state index contributed by atoms with van der Waals surface area (Å²) < 4.78 is 0. The topological polar surface area (TPSA) is 171 Å². The van der Waals surface area contributed by atoms with Crippen LogP contribution in [0.2, 0.25) is 0 Å². The van der Waals surface area contributed by atoms with Gasteiger partial charge in [-0.25, -0.2) is 0 Å². The number of carbonyl (C=O) groups is 4. The van der Waals surface area contributed by atoms with E-state index in [1.54, 1.807) is 20.8 Å². The second-order valence-electron chi connectivity index (χ2n) is 7.44. The van der Waals surface area contributed by atoms with E-state index in [0.29, 0.717) is 6.42 Å². The number of hydrogen-bond donors (Lipinski definition) is 6. The molecule has 0 radical (unpaired) electrons. The molecule has 0 aromatic heterocycles. The van der Waals surface area contributed by atoms with Crippen LogP contribution in [0.3, 0.4) is 0 Å². The van der Waals surface area contributed by atoms with Crippen LogP contribution in [0.1, 0.15) is 48.0 Å². The van der Waals surface area contributed by atoms with Crippen LogP contribution in [0, 0.1) is 11.8 Å². The fraction of sp³-hybridized carbons (Fsp3) is 0.778. The molecule has 6 unspecified atom stereocenters. The number of aliphatic carboxylic acids is 1. The molecule has 0 saturated carbocycles. The minimum absolute atomic E-state index is 0.270. The average Bonchev–Trinajstić information content (AvgIpc) is 2.61. The summed E-state index contributed by atoms with van der Waals surface area (Å²) >= 11 is 0. The lowest BCUT2D eigenvalue weighted by Gasteiger charge is -2.29. The highest BCUT2D eigenvalue weighted by Gasteiger charge is 2.33. The van der Waals surface area contributed by atoms with Gasteiger partial charge >= 0.3 is 5.97 Å². The first-order valence-corrected chi connectivity index (χ1v) is 9.40. The number of amides is 3. The minimum Gasteiger partial charge on any atom is -0.480 e. The lowest BCUT2D eigenvalue weighted by atomic mass is 9.96. The van der Waals surface area contributed by atoms with E-state index in [2.05, 4.69) is 16.0 Å². The molecule has 3 amide bonds. The lowest BCUT2D eigenvalue weighted by Crippen LogP contribution is -2.60. The highest BCUT2D eigenvalue weighted by molar-refractivity contribution is 5.94. The van der Waals surface area contributed by atoms with Crippen molar-refractivity contribution in [2.24, 2.45) is 17.6 Å². The summed E-state index contributed by atoms with van der Waals surface area (Å²) in [6.45, 7) is 9.70. The first-order valence-electron chi connectivity index (χ1n) is 9.40. The first kappa shape index (κ1) is 25.8. The number of hydrogen-bond acceptors (Lipinski definition) is 6. The van der Waals surface area contributed by atoms with Crippen molar-refractivity contribution in [2.45, 2.75) is 78.2 Å². The predicted octanol–water partition coefficient (Wildman–Crippen LogP) is -1.04. The summed E-state index contributed by atoms with van der Waals surface area (Å²) in [5.41, 5.74) is 5.60. The standard InChI is InChI=1S/C18H34N4O6/c1-7-9(4)14(17(26)20-10(5)18(27)28)22-16(25)13(8(2)3)21-15(24)12(19)11(6)23/h8-14,23H,7,19H2,1-6H3,(H,20,26)(H,21,24)(H,22,25)(H,27,28). The number of aliphatic hydroxyl groups excluding tert-OH is 1. The first-order chi connectivity index (χ1) is 12.8. The number of carboxylic acid groups (broad SMARTS) is 1. The van der Waals surface area contributed by atoms with E-state index >= 15 is 0 Å². The number of nitrogens with one attached hydrogen (secondary N) is 3. The summed E-state index contributed by atoms with van der Waals surface area (Å²) in [5, 5.41) is 25.9. The average molecular weight is 402 g/mol. The Labute approximate surface area is 165 Å². The molecule has 7 N–H and O–H groups in total. The molecular formula is C18H34N4O6. The highest BCUT2D eigenvalue weighted by atomic mass is 16.4. The Balaban J connectivity index is 5.35. The van der Waals surface area contributed by atoms with Crippen LogP contribution < -0.4 is 21.7 Å². The van der Waals surface area contributed by atoms with E-state index in [4.69, 9.17) is 10.8 Å². The van der Waals surface area contributed by atoms with Crippen molar-refractivity contribution in [3.8, 4) is 0 Å². The second kappa shape index (κ2) is 11.6. The summed E-state index contributed by atoms with van der Waals surface area (Å²) in [7, 11) is 0. The Morgan fingerprint density at radius 2 is 1.32 bits per heavy atom. The molecule has 0 rings (SSSR count). The van der Waals surface area contributed by atoms with Crippen LogP contribution in [0.15, 0.2) is 0 Å². The van der Waals surface area contributed by atoms with Crippen LogP contribution in [-0.2, 0) is 19.2 Å². The van der Waals surface area contributed by atoms with Gasteiger partial charge in [0.15, 0.2) is 0 Å². The smallest absolute Gasteiger partial charge is 0.325 e. The van der Waals surface area contributed by atoms with Crippen LogP contribution in [0.25, 0.3) is 0 Å².